The minimum atomic E-state index is -5.03. The van der Waals surface area contributed by atoms with Gasteiger partial charge >= 0.3 is 58.4 Å². The van der Waals surface area contributed by atoms with Gasteiger partial charge in [-0.15, -0.1) is 5.46 Å². The molecule has 0 aliphatic heterocycles. The Bertz CT molecular complexity index is 435. The number of hydrogen-bond acceptors (Lipinski definition) is 2. The zero-order chi connectivity index (χ0) is 12.7. The summed E-state index contributed by atoms with van der Waals surface area (Å²) in [4.78, 5) is 0. The molecule has 0 amide bonds. The molecule has 0 atom stereocenters. The number of benzene rings is 1. The zero-order valence-electron chi connectivity index (χ0n) is 10.4. The van der Waals surface area contributed by atoms with Gasteiger partial charge in [0.25, 0.3) is 0 Å². The number of hydrogen-bond donors (Lipinski definition) is 2. The normalized spacial score (nSPS) is 11.2. The Morgan fingerprint density at radius 3 is 1.88 bits per heavy atom. The van der Waals surface area contributed by atoms with Crippen molar-refractivity contribution >= 4 is 30.8 Å². The van der Waals surface area contributed by atoms with Crippen LogP contribution in [0.4, 0.5) is 18.6 Å². The fourth-order valence-electron chi connectivity index (χ4n) is 2.04. The molecular formula is C10H14BF3KNS. The quantitative estimate of drug-likeness (QED) is 0.435. The van der Waals surface area contributed by atoms with Crippen LogP contribution in [0.2, 0.25) is 0 Å². The summed E-state index contributed by atoms with van der Waals surface area (Å²) in [6, 6.07) is 0. The fourth-order valence-corrected chi connectivity index (χ4v) is 2.52. The molecule has 0 radical (unpaired) electrons. The molecule has 0 bridgehead atoms. The van der Waals surface area contributed by atoms with Crippen molar-refractivity contribution in [2.45, 2.75) is 26.5 Å². The van der Waals surface area contributed by atoms with E-state index in [2.05, 4.69) is 12.6 Å². The monoisotopic (exact) mass is 287 g/mol. The topological polar surface area (TPSA) is 26.0 Å². The summed E-state index contributed by atoms with van der Waals surface area (Å²) in [7, 11) is 0. The molecule has 0 aliphatic rings. The van der Waals surface area contributed by atoms with Crippen molar-refractivity contribution in [3.63, 3.8) is 0 Å². The van der Waals surface area contributed by atoms with Crippen molar-refractivity contribution < 1.29 is 64.3 Å². The maximum atomic E-state index is 12.9. The molecule has 0 fully saturated rings. The molecule has 0 heterocycles. The first-order valence-electron chi connectivity index (χ1n) is 4.90. The zero-order valence-corrected chi connectivity index (χ0v) is 14.5. The Kier molecular flexibility index (Phi) is 6.66. The van der Waals surface area contributed by atoms with E-state index in [0.717, 1.165) is 0 Å². The van der Waals surface area contributed by atoms with Crippen molar-refractivity contribution in [3.8, 4) is 0 Å². The van der Waals surface area contributed by atoms with Crippen LogP contribution < -0.4 is 62.6 Å². The largest absolute Gasteiger partial charge is 1.00 e. The van der Waals surface area contributed by atoms with Gasteiger partial charge in [-0.1, -0.05) is 11.1 Å². The third-order valence-electron chi connectivity index (χ3n) is 3.01. The molecule has 1 rings (SSSR count). The van der Waals surface area contributed by atoms with Gasteiger partial charge in [0.2, 0.25) is 0 Å². The van der Waals surface area contributed by atoms with Crippen LogP contribution in [0.5, 0.6) is 0 Å². The van der Waals surface area contributed by atoms with Crippen molar-refractivity contribution in [3.05, 3.63) is 22.3 Å². The van der Waals surface area contributed by atoms with Gasteiger partial charge in [-0.2, -0.15) is 12.6 Å². The third kappa shape index (κ3) is 3.45. The van der Waals surface area contributed by atoms with E-state index in [9.17, 15) is 12.9 Å². The molecule has 7 heteroatoms. The van der Waals surface area contributed by atoms with E-state index in [4.69, 9.17) is 5.73 Å². The molecular weight excluding hydrogens is 273 g/mol. The first-order valence-corrected chi connectivity index (χ1v) is 5.53. The Hall–Kier alpha value is 0.861. The van der Waals surface area contributed by atoms with Gasteiger partial charge in [-0.3, -0.25) is 0 Å². The summed E-state index contributed by atoms with van der Waals surface area (Å²) in [5.41, 5.74) is 7.04. The van der Waals surface area contributed by atoms with Gasteiger partial charge in [0.1, 0.15) is 0 Å². The summed E-state index contributed by atoms with van der Waals surface area (Å²) in [6.45, 7) is -0.399. The molecule has 0 unspecified atom stereocenters. The summed E-state index contributed by atoms with van der Waals surface area (Å²) in [5, 5.41) is 0. The van der Waals surface area contributed by atoms with Crippen molar-refractivity contribution in [1.29, 1.82) is 0 Å². The van der Waals surface area contributed by atoms with Gasteiger partial charge in [0, 0.05) is 11.4 Å². The average Bonchev–Trinajstić information content (AvgIpc) is 2.13. The molecule has 0 spiro atoms. The average molecular weight is 287 g/mol. The Labute approximate surface area is 148 Å². The predicted octanol–water partition coefficient (Wildman–Crippen LogP) is -0.318. The maximum Gasteiger partial charge on any atom is 1.00 e. The molecule has 1 aromatic rings. The molecule has 0 saturated carbocycles. The van der Waals surface area contributed by atoms with Crippen LogP contribution in [0.15, 0.2) is 0 Å². The second kappa shape index (κ2) is 6.34. The Morgan fingerprint density at radius 1 is 1.06 bits per heavy atom. The number of thiol groups is 1. The third-order valence-corrected chi connectivity index (χ3v) is 3.32. The van der Waals surface area contributed by atoms with Crippen LogP contribution in [0.3, 0.4) is 0 Å². The van der Waals surface area contributed by atoms with Crippen LogP contribution >= 0.6 is 12.6 Å². The van der Waals surface area contributed by atoms with Crippen LogP contribution in [0, 0.1) is 20.8 Å². The van der Waals surface area contributed by atoms with Crippen molar-refractivity contribution in [1.82, 2.24) is 0 Å². The van der Waals surface area contributed by atoms with E-state index < -0.39 is 12.4 Å². The van der Waals surface area contributed by atoms with Crippen LogP contribution in [-0.4, -0.2) is 6.98 Å². The van der Waals surface area contributed by atoms with Gasteiger partial charge in [0.05, 0.1) is 0 Å². The number of halogens is 3. The molecule has 17 heavy (non-hydrogen) atoms. The van der Waals surface area contributed by atoms with E-state index in [1.807, 2.05) is 0 Å². The summed E-state index contributed by atoms with van der Waals surface area (Å²) < 4.78 is 38.8. The van der Waals surface area contributed by atoms with Crippen LogP contribution in [0.25, 0.3) is 0 Å². The van der Waals surface area contributed by atoms with Crippen LogP contribution in [-0.2, 0) is 5.75 Å². The van der Waals surface area contributed by atoms with E-state index in [-0.39, 0.29) is 74.0 Å². The number of nitrogens with two attached hydrogens (primary N) is 1. The number of anilines is 1. The Balaban J connectivity index is 0.00000256. The second-order valence-corrected chi connectivity index (χ2v) is 4.23. The molecule has 2 N–H and O–H groups in total. The summed E-state index contributed by atoms with van der Waals surface area (Å²) in [6.07, 6.45) is 0. The fraction of sp³-hybridized carbons (Fsp3) is 0.400. The van der Waals surface area contributed by atoms with Crippen molar-refractivity contribution in [2.75, 3.05) is 5.73 Å². The number of nitrogen functional groups attached to an aromatic ring is 1. The Morgan fingerprint density at radius 2 is 1.53 bits per heavy atom. The molecule has 1 aromatic carbocycles. The van der Waals surface area contributed by atoms with Crippen LogP contribution in [0.1, 0.15) is 22.3 Å². The molecule has 0 saturated heterocycles. The van der Waals surface area contributed by atoms with E-state index >= 15 is 0 Å². The molecule has 1 nitrogen and oxygen atoms in total. The minimum absolute atomic E-state index is 0. The molecule has 0 aliphatic carbocycles. The molecule has 0 aromatic heterocycles. The standard InChI is InChI=1S/C10H14BF3NS.K/c1-5-8(4-16)6(2)10(15)7(3)9(5)11(12,13)14;/h16H,4,15H2,1-3H3;/q-1;+1. The number of rotatable bonds is 2. The molecule has 90 valence electrons. The van der Waals surface area contributed by atoms with E-state index in [1.54, 1.807) is 6.92 Å². The van der Waals surface area contributed by atoms with Gasteiger partial charge in [-0.25, -0.2) is 0 Å². The van der Waals surface area contributed by atoms with Crippen molar-refractivity contribution in [2.24, 2.45) is 0 Å². The predicted molar refractivity (Wildman–Crippen MR) is 66.5 cm³/mol. The maximum absolute atomic E-state index is 12.9. The smallest absolute Gasteiger partial charge is 0.445 e. The van der Waals surface area contributed by atoms with E-state index in [0.29, 0.717) is 11.1 Å². The SMILES string of the molecule is Cc1c(N)c(C)c([B-](F)(F)F)c(C)c1CS.[K+]. The second-order valence-electron chi connectivity index (χ2n) is 3.91. The first-order chi connectivity index (χ1) is 7.21. The minimum Gasteiger partial charge on any atom is -0.445 e. The first kappa shape index (κ1) is 17.9. The van der Waals surface area contributed by atoms with Gasteiger partial charge in [-0.05, 0) is 31.9 Å². The summed E-state index contributed by atoms with van der Waals surface area (Å²) >= 11 is 4.06. The van der Waals surface area contributed by atoms with Gasteiger partial charge in [0.15, 0.2) is 0 Å². The summed E-state index contributed by atoms with van der Waals surface area (Å²) in [5.74, 6) is 0.265. The van der Waals surface area contributed by atoms with E-state index in [1.165, 1.54) is 13.8 Å². The van der Waals surface area contributed by atoms with Gasteiger partial charge < -0.3 is 18.7 Å².